The zero-order chi connectivity index (χ0) is 15.6. The van der Waals surface area contributed by atoms with Crippen molar-refractivity contribution < 1.29 is 19.4 Å². The summed E-state index contributed by atoms with van der Waals surface area (Å²) in [4.78, 5) is 25.8. The van der Waals surface area contributed by atoms with E-state index >= 15 is 0 Å². The van der Waals surface area contributed by atoms with Gasteiger partial charge in [0.15, 0.2) is 0 Å². The number of aliphatic hydroxyl groups is 1. The second-order valence-electron chi connectivity index (χ2n) is 5.23. The van der Waals surface area contributed by atoms with Gasteiger partial charge in [-0.1, -0.05) is 12.1 Å². The van der Waals surface area contributed by atoms with Crippen molar-refractivity contribution in [3.63, 3.8) is 0 Å². The Bertz CT molecular complexity index is 544. The van der Waals surface area contributed by atoms with Crippen molar-refractivity contribution in [1.29, 1.82) is 0 Å². The van der Waals surface area contributed by atoms with Crippen LogP contribution in [-0.2, 0) is 16.1 Å². The standard InChI is InChI=1S/C15H20N2O4/c1-9-15(20)17(13(10(2)18)14(19)16-9)8-11-5-4-6-12(7-11)21-3/h4-7,9-10,13,18H,8H2,1-3H3,(H,16,19)/t9-,10?,13+/m0/s1. The van der Waals surface area contributed by atoms with Gasteiger partial charge in [0.2, 0.25) is 11.8 Å². The Balaban J connectivity index is 2.28. The van der Waals surface area contributed by atoms with E-state index in [1.807, 2.05) is 24.3 Å². The molecular weight excluding hydrogens is 272 g/mol. The third-order valence-electron chi connectivity index (χ3n) is 3.56. The van der Waals surface area contributed by atoms with E-state index < -0.39 is 18.2 Å². The van der Waals surface area contributed by atoms with E-state index in [0.717, 1.165) is 5.56 Å². The van der Waals surface area contributed by atoms with Gasteiger partial charge in [0.25, 0.3) is 0 Å². The molecule has 1 aliphatic heterocycles. The molecule has 6 nitrogen and oxygen atoms in total. The highest BCUT2D eigenvalue weighted by Gasteiger charge is 2.40. The molecule has 2 amide bonds. The molecule has 0 spiro atoms. The largest absolute Gasteiger partial charge is 0.497 e. The lowest BCUT2D eigenvalue weighted by molar-refractivity contribution is -0.153. The molecule has 1 aromatic rings. The summed E-state index contributed by atoms with van der Waals surface area (Å²) in [6.45, 7) is 3.40. The van der Waals surface area contributed by atoms with Crippen LogP contribution in [0.1, 0.15) is 19.4 Å². The van der Waals surface area contributed by atoms with Gasteiger partial charge in [-0.2, -0.15) is 0 Å². The smallest absolute Gasteiger partial charge is 0.246 e. The van der Waals surface area contributed by atoms with E-state index in [2.05, 4.69) is 5.32 Å². The maximum absolute atomic E-state index is 12.3. The molecule has 0 aromatic heterocycles. The monoisotopic (exact) mass is 292 g/mol. The minimum atomic E-state index is -0.938. The number of methoxy groups -OCH3 is 1. The zero-order valence-corrected chi connectivity index (χ0v) is 12.4. The van der Waals surface area contributed by atoms with Crippen LogP contribution in [0, 0.1) is 0 Å². The third kappa shape index (κ3) is 3.16. The normalized spacial score (nSPS) is 23.7. The highest BCUT2D eigenvalue weighted by molar-refractivity contribution is 5.97. The highest BCUT2D eigenvalue weighted by Crippen LogP contribution is 2.20. The van der Waals surface area contributed by atoms with Crippen LogP contribution in [0.4, 0.5) is 0 Å². The summed E-state index contributed by atoms with van der Waals surface area (Å²) >= 11 is 0. The Kier molecular flexibility index (Phi) is 4.47. The van der Waals surface area contributed by atoms with Crippen molar-refractivity contribution in [2.24, 2.45) is 0 Å². The minimum absolute atomic E-state index is 0.205. The minimum Gasteiger partial charge on any atom is -0.497 e. The summed E-state index contributed by atoms with van der Waals surface area (Å²) in [5.41, 5.74) is 0.843. The Labute approximate surface area is 123 Å². The second kappa shape index (κ2) is 6.13. The maximum Gasteiger partial charge on any atom is 0.246 e. The lowest BCUT2D eigenvalue weighted by Crippen LogP contribution is -2.65. The van der Waals surface area contributed by atoms with Gasteiger partial charge in [-0.05, 0) is 31.5 Å². The lowest BCUT2D eigenvalue weighted by Gasteiger charge is -2.39. The number of aliphatic hydroxyl groups excluding tert-OH is 1. The lowest BCUT2D eigenvalue weighted by atomic mass is 10.0. The number of benzene rings is 1. The number of nitrogens with one attached hydrogen (secondary N) is 1. The Morgan fingerprint density at radius 1 is 1.43 bits per heavy atom. The number of piperazine rings is 1. The molecule has 2 rings (SSSR count). The number of hydrogen-bond acceptors (Lipinski definition) is 4. The van der Waals surface area contributed by atoms with Gasteiger partial charge in [-0.3, -0.25) is 9.59 Å². The fraction of sp³-hybridized carbons (Fsp3) is 0.467. The fourth-order valence-corrected chi connectivity index (χ4v) is 2.51. The summed E-state index contributed by atoms with van der Waals surface area (Å²) in [7, 11) is 1.57. The molecule has 1 saturated heterocycles. The molecule has 6 heteroatoms. The van der Waals surface area contributed by atoms with Gasteiger partial charge in [-0.15, -0.1) is 0 Å². The van der Waals surface area contributed by atoms with Gasteiger partial charge < -0.3 is 20.1 Å². The van der Waals surface area contributed by atoms with Gasteiger partial charge in [0.1, 0.15) is 17.8 Å². The van der Waals surface area contributed by atoms with E-state index in [0.29, 0.717) is 5.75 Å². The van der Waals surface area contributed by atoms with Gasteiger partial charge in [0.05, 0.1) is 13.2 Å². The molecule has 0 saturated carbocycles. The maximum atomic E-state index is 12.3. The summed E-state index contributed by atoms with van der Waals surface area (Å²) in [5.74, 6) is 0.145. The first-order chi connectivity index (χ1) is 9.93. The van der Waals surface area contributed by atoms with Crippen LogP contribution in [-0.4, -0.2) is 47.1 Å². The van der Waals surface area contributed by atoms with Crippen LogP contribution in [0.2, 0.25) is 0 Å². The predicted octanol–water partition coefficient (Wildman–Crippen LogP) is 0.291. The SMILES string of the molecule is COc1cccc(CN2C(=O)[C@H](C)NC(=O)[C@H]2C(C)O)c1. The quantitative estimate of drug-likeness (QED) is 0.836. The molecule has 2 N–H and O–H groups in total. The Morgan fingerprint density at radius 3 is 2.76 bits per heavy atom. The van der Waals surface area contributed by atoms with E-state index in [4.69, 9.17) is 4.74 Å². The molecule has 21 heavy (non-hydrogen) atoms. The number of hydrogen-bond donors (Lipinski definition) is 2. The third-order valence-corrected chi connectivity index (χ3v) is 3.56. The van der Waals surface area contributed by atoms with Crippen LogP contribution >= 0.6 is 0 Å². The molecule has 3 atom stereocenters. The van der Waals surface area contributed by atoms with Gasteiger partial charge in [0, 0.05) is 6.54 Å². The number of carbonyl (C=O) groups excluding carboxylic acids is 2. The molecular formula is C15H20N2O4. The molecule has 1 aliphatic rings. The van der Waals surface area contributed by atoms with Crippen LogP contribution in [0.25, 0.3) is 0 Å². The van der Waals surface area contributed by atoms with Crippen molar-refractivity contribution in [1.82, 2.24) is 10.2 Å². The van der Waals surface area contributed by atoms with E-state index in [1.54, 1.807) is 14.0 Å². The van der Waals surface area contributed by atoms with Crippen molar-refractivity contribution in [3.8, 4) is 5.75 Å². The van der Waals surface area contributed by atoms with Crippen LogP contribution in [0.3, 0.4) is 0 Å². The molecule has 1 unspecified atom stereocenters. The van der Waals surface area contributed by atoms with E-state index in [9.17, 15) is 14.7 Å². The molecule has 114 valence electrons. The fourth-order valence-electron chi connectivity index (χ4n) is 2.51. The van der Waals surface area contributed by atoms with Crippen molar-refractivity contribution in [2.45, 2.75) is 38.6 Å². The zero-order valence-electron chi connectivity index (χ0n) is 12.4. The molecule has 1 aromatic carbocycles. The highest BCUT2D eigenvalue weighted by atomic mass is 16.5. The van der Waals surface area contributed by atoms with Crippen LogP contribution < -0.4 is 10.1 Å². The second-order valence-corrected chi connectivity index (χ2v) is 5.23. The van der Waals surface area contributed by atoms with E-state index in [1.165, 1.54) is 11.8 Å². The molecule has 1 heterocycles. The predicted molar refractivity (Wildman–Crippen MR) is 76.6 cm³/mol. The number of ether oxygens (including phenoxy) is 1. The molecule has 1 fully saturated rings. The Hall–Kier alpha value is -2.08. The first kappa shape index (κ1) is 15.3. The first-order valence-corrected chi connectivity index (χ1v) is 6.86. The van der Waals surface area contributed by atoms with E-state index in [-0.39, 0.29) is 18.4 Å². The Morgan fingerprint density at radius 2 is 2.14 bits per heavy atom. The topological polar surface area (TPSA) is 78.9 Å². The first-order valence-electron chi connectivity index (χ1n) is 6.86. The number of rotatable bonds is 4. The molecule has 0 aliphatic carbocycles. The average molecular weight is 292 g/mol. The van der Waals surface area contributed by atoms with Crippen molar-refractivity contribution in [3.05, 3.63) is 29.8 Å². The number of carbonyl (C=O) groups is 2. The van der Waals surface area contributed by atoms with Crippen molar-refractivity contribution >= 4 is 11.8 Å². The molecule has 0 bridgehead atoms. The molecule has 0 radical (unpaired) electrons. The summed E-state index contributed by atoms with van der Waals surface area (Å²) in [5, 5.41) is 12.4. The number of nitrogens with zero attached hydrogens (tertiary/aromatic N) is 1. The van der Waals surface area contributed by atoms with Crippen LogP contribution in [0.5, 0.6) is 5.75 Å². The number of amides is 2. The van der Waals surface area contributed by atoms with Gasteiger partial charge in [-0.25, -0.2) is 0 Å². The van der Waals surface area contributed by atoms with Crippen molar-refractivity contribution in [2.75, 3.05) is 7.11 Å². The summed E-state index contributed by atoms with van der Waals surface area (Å²) in [6, 6.07) is 5.83. The summed E-state index contributed by atoms with van der Waals surface area (Å²) < 4.78 is 5.16. The van der Waals surface area contributed by atoms with Crippen LogP contribution in [0.15, 0.2) is 24.3 Å². The average Bonchev–Trinajstić information content (AvgIpc) is 2.44. The van der Waals surface area contributed by atoms with Gasteiger partial charge >= 0.3 is 0 Å². The summed E-state index contributed by atoms with van der Waals surface area (Å²) in [6.07, 6.45) is -0.938.